The minimum Gasteiger partial charge on any atom is -0.356 e. The van der Waals surface area contributed by atoms with Crippen LogP contribution in [0.4, 0.5) is 0 Å². The highest BCUT2D eigenvalue weighted by molar-refractivity contribution is 6.42. The van der Waals surface area contributed by atoms with Crippen molar-refractivity contribution in [1.29, 1.82) is 0 Å². The van der Waals surface area contributed by atoms with Crippen molar-refractivity contribution in [3.05, 3.63) is 33.8 Å². The summed E-state index contributed by atoms with van der Waals surface area (Å²) in [5.41, 5.74) is 6.17. The van der Waals surface area contributed by atoms with Gasteiger partial charge in [-0.1, -0.05) is 29.3 Å². The lowest BCUT2D eigenvalue weighted by atomic mass is 10.1. The van der Waals surface area contributed by atoms with Crippen molar-refractivity contribution < 1.29 is 4.79 Å². The Hall–Kier alpha value is -0.480. The van der Waals surface area contributed by atoms with Crippen molar-refractivity contribution in [3.63, 3.8) is 0 Å². The predicted molar refractivity (Wildman–Crippen MR) is 74.1 cm³/mol. The number of carbonyl (C=O) groups excluding carboxylic acids is 1. The third-order valence-electron chi connectivity index (χ3n) is 2.05. The molecule has 0 atom stereocenters. The van der Waals surface area contributed by atoms with Crippen molar-refractivity contribution in [2.45, 2.75) is 12.8 Å². The van der Waals surface area contributed by atoms with Crippen LogP contribution in [0.25, 0.3) is 0 Å². The normalized spacial score (nSPS) is 9.59. The maximum absolute atomic E-state index is 11.5. The molecule has 0 spiro atoms. The van der Waals surface area contributed by atoms with Crippen LogP contribution in [0.15, 0.2) is 18.2 Å². The van der Waals surface area contributed by atoms with E-state index >= 15 is 0 Å². The van der Waals surface area contributed by atoms with Gasteiger partial charge in [-0.3, -0.25) is 4.79 Å². The van der Waals surface area contributed by atoms with Crippen LogP contribution < -0.4 is 11.1 Å². The highest BCUT2D eigenvalue weighted by atomic mass is 35.5. The first-order chi connectivity index (χ1) is 7.63. The number of carbonyl (C=O) groups is 1. The van der Waals surface area contributed by atoms with E-state index in [2.05, 4.69) is 5.32 Å². The van der Waals surface area contributed by atoms with Gasteiger partial charge in [0, 0.05) is 6.54 Å². The van der Waals surface area contributed by atoms with Crippen LogP contribution in [0.1, 0.15) is 12.0 Å². The standard InChI is InChI=1S/C11H14Cl2N2O.ClH/c12-9-3-2-8(6-10(9)13)7-11(16)15-5-1-4-14;/h2-3,6H,1,4-5,7,14H2,(H,15,16);1H. The van der Waals surface area contributed by atoms with Crippen LogP contribution in [-0.2, 0) is 11.2 Å². The summed E-state index contributed by atoms with van der Waals surface area (Å²) in [6, 6.07) is 5.18. The summed E-state index contributed by atoms with van der Waals surface area (Å²) in [5.74, 6) is -0.0353. The Morgan fingerprint density at radius 1 is 1.29 bits per heavy atom. The fourth-order valence-electron chi connectivity index (χ4n) is 1.23. The summed E-state index contributed by atoms with van der Waals surface area (Å²) in [6.45, 7) is 1.18. The molecule has 0 saturated carbocycles. The molecule has 1 aromatic carbocycles. The number of rotatable bonds is 5. The second-order valence-corrected chi connectivity index (χ2v) is 4.23. The Morgan fingerprint density at radius 2 is 2.00 bits per heavy atom. The van der Waals surface area contributed by atoms with Gasteiger partial charge in [-0.2, -0.15) is 0 Å². The smallest absolute Gasteiger partial charge is 0.224 e. The molecule has 0 heterocycles. The van der Waals surface area contributed by atoms with Gasteiger partial charge >= 0.3 is 0 Å². The Balaban J connectivity index is 0.00000256. The van der Waals surface area contributed by atoms with E-state index in [-0.39, 0.29) is 18.3 Å². The summed E-state index contributed by atoms with van der Waals surface area (Å²) in [6.07, 6.45) is 1.09. The first-order valence-corrected chi connectivity index (χ1v) is 5.79. The average Bonchev–Trinajstić information content (AvgIpc) is 2.24. The Bertz CT molecular complexity index is 372. The minimum absolute atomic E-state index is 0. The first-order valence-electron chi connectivity index (χ1n) is 5.04. The molecule has 17 heavy (non-hydrogen) atoms. The highest BCUT2D eigenvalue weighted by Gasteiger charge is 2.04. The van der Waals surface area contributed by atoms with Gasteiger partial charge in [0.15, 0.2) is 0 Å². The summed E-state index contributed by atoms with van der Waals surface area (Å²) in [4.78, 5) is 11.5. The van der Waals surface area contributed by atoms with Crippen LogP contribution in [0.3, 0.4) is 0 Å². The number of hydrogen-bond donors (Lipinski definition) is 2. The minimum atomic E-state index is -0.0353. The molecule has 96 valence electrons. The molecule has 0 aliphatic carbocycles. The topological polar surface area (TPSA) is 55.1 Å². The van der Waals surface area contributed by atoms with Gasteiger partial charge in [-0.25, -0.2) is 0 Å². The number of nitrogens with one attached hydrogen (secondary N) is 1. The second kappa shape index (κ2) is 8.59. The van der Waals surface area contributed by atoms with Gasteiger partial charge in [-0.15, -0.1) is 12.4 Å². The van der Waals surface area contributed by atoms with Crippen LogP contribution in [0.2, 0.25) is 10.0 Å². The number of halogens is 3. The molecule has 1 amide bonds. The van der Waals surface area contributed by atoms with Crippen LogP contribution >= 0.6 is 35.6 Å². The lowest BCUT2D eigenvalue weighted by molar-refractivity contribution is -0.120. The highest BCUT2D eigenvalue weighted by Crippen LogP contribution is 2.22. The van der Waals surface area contributed by atoms with Gasteiger partial charge < -0.3 is 11.1 Å². The van der Waals surface area contributed by atoms with Crippen molar-refractivity contribution in [2.75, 3.05) is 13.1 Å². The van der Waals surface area contributed by atoms with Gasteiger partial charge in [0.2, 0.25) is 5.91 Å². The maximum atomic E-state index is 11.5. The van der Waals surface area contributed by atoms with Crippen molar-refractivity contribution in [3.8, 4) is 0 Å². The zero-order valence-electron chi connectivity index (χ0n) is 9.21. The van der Waals surface area contributed by atoms with Gasteiger partial charge in [-0.05, 0) is 30.7 Å². The molecule has 0 aliphatic heterocycles. The molecule has 6 heteroatoms. The molecule has 1 rings (SSSR count). The molecule has 0 aromatic heterocycles. The molecule has 0 saturated heterocycles. The fraction of sp³-hybridized carbons (Fsp3) is 0.364. The summed E-state index contributed by atoms with van der Waals surface area (Å²) < 4.78 is 0. The van der Waals surface area contributed by atoms with Crippen LogP contribution in [0.5, 0.6) is 0 Å². The fourth-order valence-corrected chi connectivity index (χ4v) is 1.55. The van der Waals surface area contributed by atoms with Crippen molar-refractivity contribution >= 4 is 41.5 Å². The second-order valence-electron chi connectivity index (χ2n) is 3.42. The average molecular weight is 298 g/mol. The van der Waals surface area contributed by atoms with E-state index in [1.165, 1.54) is 0 Å². The molecule has 1 aromatic rings. The lowest BCUT2D eigenvalue weighted by Crippen LogP contribution is -2.27. The van der Waals surface area contributed by atoms with Crippen molar-refractivity contribution in [1.82, 2.24) is 5.32 Å². The monoisotopic (exact) mass is 296 g/mol. The van der Waals surface area contributed by atoms with Gasteiger partial charge in [0.1, 0.15) is 0 Å². The Labute approximate surface area is 117 Å². The summed E-state index contributed by atoms with van der Waals surface area (Å²) in [7, 11) is 0. The third kappa shape index (κ3) is 6.13. The summed E-state index contributed by atoms with van der Waals surface area (Å²) in [5, 5.41) is 3.73. The van der Waals surface area contributed by atoms with Crippen LogP contribution in [-0.4, -0.2) is 19.0 Å². The van der Waals surface area contributed by atoms with E-state index in [9.17, 15) is 4.79 Å². The predicted octanol–water partition coefficient (Wildman–Crippen LogP) is 2.42. The van der Waals surface area contributed by atoms with E-state index in [0.717, 1.165) is 12.0 Å². The zero-order valence-corrected chi connectivity index (χ0v) is 11.5. The third-order valence-corrected chi connectivity index (χ3v) is 2.79. The molecular weight excluding hydrogens is 282 g/mol. The van der Waals surface area contributed by atoms with E-state index in [1.807, 2.05) is 0 Å². The maximum Gasteiger partial charge on any atom is 0.224 e. The lowest BCUT2D eigenvalue weighted by Gasteiger charge is -2.05. The molecule has 0 unspecified atom stereocenters. The molecule has 0 radical (unpaired) electrons. The molecule has 3 N–H and O–H groups in total. The Kier molecular flexibility index (Phi) is 8.35. The largest absolute Gasteiger partial charge is 0.356 e. The number of benzene rings is 1. The van der Waals surface area contributed by atoms with E-state index in [1.54, 1.807) is 18.2 Å². The molecule has 0 bridgehead atoms. The molecule has 3 nitrogen and oxygen atoms in total. The van der Waals surface area contributed by atoms with Crippen molar-refractivity contribution in [2.24, 2.45) is 5.73 Å². The molecule has 0 aliphatic rings. The van der Waals surface area contributed by atoms with Gasteiger partial charge in [0.25, 0.3) is 0 Å². The quantitative estimate of drug-likeness (QED) is 0.820. The molecule has 0 fully saturated rings. The number of nitrogens with two attached hydrogens (primary N) is 1. The SMILES string of the molecule is Cl.NCCCNC(=O)Cc1ccc(Cl)c(Cl)c1. The van der Waals surface area contributed by atoms with E-state index in [0.29, 0.717) is 29.6 Å². The van der Waals surface area contributed by atoms with Crippen LogP contribution in [0, 0.1) is 0 Å². The number of amides is 1. The van der Waals surface area contributed by atoms with E-state index < -0.39 is 0 Å². The zero-order chi connectivity index (χ0) is 12.0. The van der Waals surface area contributed by atoms with Gasteiger partial charge in [0.05, 0.1) is 16.5 Å². The first kappa shape index (κ1) is 16.5. The molecular formula is C11H15Cl3N2O. The van der Waals surface area contributed by atoms with E-state index in [4.69, 9.17) is 28.9 Å². The number of hydrogen-bond acceptors (Lipinski definition) is 2. The summed E-state index contributed by atoms with van der Waals surface area (Å²) >= 11 is 11.6. The Morgan fingerprint density at radius 3 is 2.59 bits per heavy atom.